The number of carbonyl (C=O) groups is 1. The number of alkyl halides is 2. The molecule has 0 saturated heterocycles. The average Bonchev–Trinajstić information content (AvgIpc) is 2.34. The number of nitrogens with one attached hydrogen (secondary N) is 1. The van der Waals surface area contributed by atoms with Gasteiger partial charge in [0, 0.05) is 11.6 Å². The molecule has 94 valence electrons. The summed E-state index contributed by atoms with van der Waals surface area (Å²) in [6.45, 7) is -3.04. The van der Waals surface area contributed by atoms with Crippen LogP contribution in [0.15, 0.2) is 30.3 Å². The lowest BCUT2D eigenvalue weighted by Crippen LogP contribution is -2.20. The van der Waals surface area contributed by atoms with E-state index in [2.05, 4.69) is 10.1 Å². The van der Waals surface area contributed by atoms with Crippen LogP contribution in [0.4, 0.5) is 8.78 Å². The maximum atomic E-state index is 12.1. The minimum absolute atomic E-state index is 0.0168. The molecule has 6 heteroatoms. The van der Waals surface area contributed by atoms with Gasteiger partial charge in [-0.15, -0.1) is 0 Å². The van der Waals surface area contributed by atoms with Crippen molar-refractivity contribution in [1.29, 1.82) is 5.26 Å². The van der Waals surface area contributed by atoms with Crippen LogP contribution in [-0.2, 0) is 4.79 Å². The first-order valence-corrected chi connectivity index (χ1v) is 5.00. The van der Waals surface area contributed by atoms with Crippen molar-refractivity contribution in [3.05, 3.63) is 35.9 Å². The normalized spacial score (nSPS) is 10.3. The second kappa shape index (κ2) is 7.01. The first-order valence-electron chi connectivity index (χ1n) is 5.00. The Bertz CT molecular complexity index is 481. The lowest BCUT2D eigenvalue weighted by atomic mass is 10.2. The van der Waals surface area contributed by atoms with Gasteiger partial charge in [-0.05, 0) is 12.1 Å². The topological polar surface area (TPSA) is 62.1 Å². The highest BCUT2D eigenvalue weighted by Crippen LogP contribution is 2.21. The van der Waals surface area contributed by atoms with Crippen LogP contribution in [0.1, 0.15) is 5.56 Å². The number of benzene rings is 1. The Balaban J connectivity index is 2.74. The molecule has 1 aromatic carbocycles. The fourth-order valence-corrected chi connectivity index (χ4v) is 1.17. The SMILES string of the molecule is N#CCNC(=O)/C=C\c1ccccc1OC(F)F. The molecule has 1 amide bonds. The van der Waals surface area contributed by atoms with E-state index in [0.29, 0.717) is 5.56 Å². The van der Waals surface area contributed by atoms with Gasteiger partial charge in [0.05, 0.1) is 6.07 Å². The van der Waals surface area contributed by atoms with Gasteiger partial charge in [0.25, 0.3) is 0 Å². The van der Waals surface area contributed by atoms with Gasteiger partial charge >= 0.3 is 6.61 Å². The molecule has 0 spiro atoms. The van der Waals surface area contributed by atoms with Gasteiger partial charge in [0.15, 0.2) is 0 Å². The molecule has 0 saturated carbocycles. The van der Waals surface area contributed by atoms with Crippen molar-refractivity contribution >= 4 is 12.0 Å². The molecule has 0 radical (unpaired) electrons. The van der Waals surface area contributed by atoms with E-state index in [-0.39, 0.29) is 12.3 Å². The van der Waals surface area contributed by atoms with E-state index in [1.165, 1.54) is 18.2 Å². The van der Waals surface area contributed by atoms with Crippen molar-refractivity contribution in [1.82, 2.24) is 5.32 Å². The Kier molecular flexibility index (Phi) is 5.32. The Morgan fingerprint density at radius 3 is 2.89 bits per heavy atom. The molecule has 1 rings (SSSR count). The van der Waals surface area contributed by atoms with E-state index in [9.17, 15) is 13.6 Å². The van der Waals surface area contributed by atoms with Crippen LogP contribution in [-0.4, -0.2) is 19.1 Å². The summed E-state index contributed by atoms with van der Waals surface area (Å²) in [5.41, 5.74) is 0.352. The molecule has 0 bridgehead atoms. The number of ether oxygens (including phenoxy) is 1. The van der Waals surface area contributed by atoms with E-state index < -0.39 is 12.5 Å². The van der Waals surface area contributed by atoms with Crippen LogP contribution in [0.5, 0.6) is 5.75 Å². The van der Waals surface area contributed by atoms with Crippen molar-refractivity contribution in [2.75, 3.05) is 6.54 Å². The van der Waals surface area contributed by atoms with E-state index >= 15 is 0 Å². The number of carbonyl (C=O) groups excluding carboxylic acids is 1. The number of para-hydroxylation sites is 1. The van der Waals surface area contributed by atoms with E-state index in [4.69, 9.17) is 5.26 Å². The minimum atomic E-state index is -2.92. The van der Waals surface area contributed by atoms with Crippen molar-refractivity contribution in [3.8, 4) is 11.8 Å². The molecule has 1 N–H and O–H groups in total. The number of amides is 1. The van der Waals surface area contributed by atoms with Crippen LogP contribution < -0.4 is 10.1 Å². The fourth-order valence-electron chi connectivity index (χ4n) is 1.17. The largest absolute Gasteiger partial charge is 0.434 e. The van der Waals surface area contributed by atoms with Gasteiger partial charge in [-0.3, -0.25) is 4.79 Å². The lowest BCUT2D eigenvalue weighted by molar-refractivity contribution is -0.116. The zero-order valence-corrected chi connectivity index (χ0v) is 9.27. The van der Waals surface area contributed by atoms with Gasteiger partial charge in [-0.25, -0.2) is 0 Å². The number of nitriles is 1. The Morgan fingerprint density at radius 2 is 2.22 bits per heavy atom. The third kappa shape index (κ3) is 4.61. The van der Waals surface area contributed by atoms with Gasteiger partial charge in [0.2, 0.25) is 5.91 Å². The first-order chi connectivity index (χ1) is 8.63. The van der Waals surface area contributed by atoms with Crippen molar-refractivity contribution < 1.29 is 18.3 Å². The highest BCUT2D eigenvalue weighted by Gasteiger charge is 2.07. The number of hydrogen-bond donors (Lipinski definition) is 1. The predicted octanol–water partition coefficient (Wildman–Crippen LogP) is 1.94. The summed E-state index contributed by atoms with van der Waals surface area (Å²) < 4.78 is 28.5. The number of rotatable bonds is 5. The van der Waals surface area contributed by atoms with Crippen LogP contribution in [0.3, 0.4) is 0 Å². The van der Waals surface area contributed by atoms with Gasteiger partial charge in [-0.2, -0.15) is 14.0 Å². The third-order valence-electron chi connectivity index (χ3n) is 1.89. The van der Waals surface area contributed by atoms with Crippen molar-refractivity contribution in [3.63, 3.8) is 0 Å². The number of halogens is 2. The molecular weight excluding hydrogens is 242 g/mol. The van der Waals surface area contributed by atoms with Gasteiger partial charge < -0.3 is 10.1 Å². The highest BCUT2D eigenvalue weighted by molar-refractivity contribution is 5.92. The lowest BCUT2D eigenvalue weighted by Gasteiger charge is -2.07. The molecule has 0 aliphatic rings. The number of nitrogens with zero attached hydrogens (tertiary/aromatic N) is 1. The maximum Gasteiger partial charge on any atom is 0.387 e. The molecular formula is C12H10F2N2O2. The standard InChI is InChI=1S/C12H10F2N2O2/c13-12(14)18-10-4-2-1-3-9(10)5-6-11(17)16-8-7-15/h1-6,12H,8H2,(H,16,17)/b6-5-. The van der Waals surface area contributed by atoms with E-state index in [1.807, 2.05) is 0 Å². The smallest absolute Gasteiger partial charge is 0.387 e. The van der Waals surface area contributed by atoms with E-state index in [0.717, 1.165) is 6.08 Å². The third-order valence-corrected chi connectivity index (χ3v) is 1.89. The summed E-state index contributed by atoms with van der Waals surface area (Å²) in [6, 6.07) is 7.83. The fraction of sp³-hybridized carbons (Fsp3) is 0.167. The Morgan fingerprint density at radius 1 is 1.50 bits per heavy atom. The zero-order chi connectivity index (χ0) is 13.4. The summed E-state index contributed by atoms with van der Waals surface area (Å²) in [6.07, 6.45) is 2.48. The van der Waals surface area contributed by atoms with Crippen LogP contribution in [0.25, 0.3) is 6.08 Å². The highest BCUT2D eigenvalue weighted by atomic mass is 19.3. The molecule has 4 nitrogen and oxygen atoms in total. The Hall–Kier alpha value is -2.42. The van der Waals surface area contributed by atoms with Crippen molar-refractivity contribution in [2.45, 2.75) is 6.61 Å². The quantitative estimate of drug-likeness (QED) is 0.643. The number of hydrogen-bond acceptors (Lipinski definition) is 3. The molecule has 0 fully saturated rings. The molecule has 1 aromatic rings. The van der Waals surface area contributed by atoms with Crippen LogP contribution in [0.2, 0.25) is 0 Å². The molecule has 0 aromatic heterocycles. The molecule has 0 atom stereocenters. The maximum absolute atomic E-state index is 12.1. The molecule has 0 aliphatic carbocycles. The summed E-state index contributed by atoms with van der Waals surface area (Å²) in [4.78, 5) is 11.2. The summed E-state index contributed by atoms with van der Waals surface area (Å²) >= 11 is 0. The van der Waals surface area contributed by atoms with Crippen molar-refractivity contribution in [2.24, 2.45) is 0 Å². The first kappa shape index (κ1) is 13.6. The predicted molar refractivity (Wildman–Crippen MR) is 60.7 cm³/mol. The van der Waals surface area contributed by atoms with Gasteiger partial charge in [0.1, 0.15) is 12.3 Å². The molecule has 0 aliphatic heterocycles. The Labute approximate surface area is 102 Å². The van der Waals surface area contributed by atoms with Gasteiger partial charge in [-0.1, -0.05) is 18.2 Å². The van der Waals surface area contributed by atoms with E-state index in [1.54, 1.807) is 18.2 Å². The minimum Gasteiger partial charge on any atom is -0.434 e. The zero-order valence-electron chi connectivity index (χ0n) is 9.27. The second-order valence-corrected chi connectivity index (χ2v) is 3.13. The summed E-state index contributed by atoms with van der Waals surface area (Å²) in [5, 5.41) is 10.5. The molecule has 18 heavy (non-hydrogen) atoms. The van der Waals surface area contributed by atoms with Crippen LogP contribution >= 0.6 is 0 Å². The molecule has 0 heterocycles. The monoisotopic (exact) mass is 252 g/mol. The molecule has 0 unspecified atom stereocenters. The van der Waals surface area contributed by atoms with Crippen LogP contribution in [0, 0.1) is 11.3 Å². The second-order valence-electron chi connectivity index (χ2n) is 3.13. The summed E-state index contributed by atoms with van der Waals surface area (Å²) in [7, 11) is 0. The summed E-state index contributed by atoms with van der Waals surface area (Å²) in [5.74, 6) is -0.500. The average molecular weight is 252 g/mol.